The van der Waals surface area contributed by atoms with Crippen LogP contribution >= 0.6 is 0 Å². The summed E-state index contributed by atoms with van der Waals surface area (Å²) in [7, 11) is -0.273. The van der Waals surface area contributed by atoms with E-state index in [9.17, 15) is 0 Å². The van der Waals surface area contributed by atoms with Crippen LogP contribution in [0.5, 0.6) is 0 Å². The van der Waals surface area contributed by atoms with Crippen LogP contribution in [-0.4, -0.2) is 24.8 Å². The zero-order valence-electron chi connectivity index (χ0n) is 13.8. The molecule has 0 aromatic heterocycles. The van der Waals surface area contributed by atoms with Gasteiger partial charge in [-0.15, -0.1) is 0 Å². The second kappa shape index (κ2) is 4.83. The Hall–Kier alpha value is -0.835. The first-order valence-corrected chi connectivity index (χ1v) is 8.54. The van der Waals surface area contributed by atoms with Crippen molar-refractivity contribution in [3.8, 4) is 0 Å². The predicted octanol–water partition coefficient (Wildman–Crippen LogP) is 2.82. The van der Waals surface area contributed by atoms with Gasteiger partial charge in [0.2, 0.25) is 0 Å². The Balaban J connectivity index is 1.48. The molecule has 1 aliphatic heterocycles. The van der Waals surface area contributed by atoms with Crippen molar-refractivity contribution in [1.82, 2.24) is 0 Å². The number of rotatable bonds is 3. The maximum atomic E-state index is 6.43. The molecule has 4 heteroatoms. The second-order valence-corrected chi connectivity index (χ2v) is 8.19. The summed E-state index contributed by atoms with van der Waals surface area (Å²) in [4.78, 5) is 0. The molecule has 0 amide bonds. The second-order valence-electron chi connectivity index (χ2n) is 8.19. The normalized spacial score (nSPS) is 40.0. The zero-order chi connectivity index (χ0) is 15.5. The number of hydrogen-bond acceptors (Lipinski definition) is 3. The summed E-state index contributed by atoms with van der Waals surface area (Å²) in [6, 6.07) is 10.4. The van der Waals surface area contributed by atoms with Crippen molar-refractivity contribution < 1.29 is 9.31 Å². The quantitative estimate of drug-likeness (QED) is 0.873. The van der Waals surface area contributed by atoms with E-state index in [1.807, 2.05) is 6.07 Å². The highest BCUT2D eigenvalue weighted by Gasteiger charge is 2.68. The molecule has 1 aromatic carbocycles. The summed E-state index contributed by atoms with van der Waals surface area (Å²) in [5, 5.41) is 0. The highest BCUT2D eigenvalue weighted by Crippen LogP contribution is 2.65. The molecule has 1 saturated heterocycles. The predicted molar refractivity (Wildman–Crippen MR) is 88.2 cm³/mol. The van der Waals surface area contributed by atoms with Crippen LogP contribution in [0, 0.1) is 17.3 Å². The third-order valence-electron chi connectivity index (χ3n) is 6.63. The van der Waals surface area contributed by atoms with Gasteiger partial charge in [0.15, 0.2) is 0 Å². The Morgan fingerprint density at radius 1 is 1.23 bits per heavy atom. The molecule has 3 aliphatic carbocycles. The van der Waals surface area contributed by atoms with Crippen LogP contribution in [0.2, 0.25) is 0 Å². The van der Waals surface area contributed by atoms with Gasteiger partial charge in [-0.25, -0.2) is 0 Å². The molecule has 3 saturated carbocycles. The molecule has 1 heterocycles. The van der Waals surface area contributed by atoms with Crippen LogP contribution in [0.25, 0.3) is 0 Å². The average Bonchev–Trinajstić information content (AvgIpc) is 2.85. The van der Waals surface area contributed by atoms with E-state index >= 15 is 0 Å². The molecule has 2 bridgehead atoms. The smallest absolute Gasteiger partial charge is 0.404 e. The lowest BCUT2D eigenvalue weighted by molar-refractivity contribution is -0.199. The molecule has 1 aromatic rings. The molecule has 0 radical (unpaired) electrons. The van der Waals surface area contributed by atoms with Gasteiger partial charge < -0.3 is 15.0 Å². The lowest BCUT2D eigenvalue weighted by Gasteiger charge is -2.64. The molecular weight excluding hydrogens is 273 g/mol. The van der Waals surface area contributed by atoms with E-state index in [4.69, 9.17) is 15.0 Å². The van der Waals surface area contributed by atoms with Crippen molar-refractivity contribution in [1.29, 1.82) is 0 Å². The van der Waals surface area contributed by atoms with E-state index in [1.165, 1.54) is 12.0 Å². The number of nitrogens with two attached hydrogens (primary N) is 1. The summed E-state index contributed by atoms with van der Waals surface area (Å²) >= 11 is 0. The molecule has 4 aliphatic rings. The Labute approximate surface area is 133 Å². The fourth-order valence-corrected chi connectivity index (χ4v) is 5.06. The maximum Gasteiger partial charge on any atom is 0.475 e. The fraction of sp³-hybridized carbons (Fsp3) is 0.667. The van der Waals surface area contributed by atoms with Crippen molar-refractivity contribution in [2.75, 3.05) is 0 Å². The van der Waals surface area contributed by atoms with E-state index in [0.29, 0.717) is 11.3 Å². The van der Waals surface area contributed by atoms with Gasteiger partial charge in [0.05, 0.1) is 11.7 Å². The van der Waals surface area contributed by atoms with Crippen LogP contribution in [-0.2, 0) is 15.7 Å². The van der Waals surface area contributed by atoms with E-state index < -0.39 is 0 Å². The van der Waals surface area contributed by atoms with Gasteiger partial charge in [-0.3, -0.25) is 0 Å². The van der Waals surface area contributed by atoms with Crippen molar-refractivity contribution in [3.05, 3.63) is 35.9 Å². The molecular formula is C18H26BNO2. The molecule has 3 nitrogen and oxygen atoms in total. The van der Waals surface area contributed by atoms with Crippen LogP contribution in [0.15, 0.2) is 30.3 Å². The molecule has 22 heavy (non-hydrogen) atoms. The highest BCUT2D eigenvalue weighted by molar-refractivity contribution is 6.47. The topological polar surface area (TPSA) is 44.5 Å². The number of hydrogen-bond donors (Lipinski definition) is 1. The molecule has 1 unspecified atom stereocenters. The van der Waals surface area contributed by atoms with E-state index in [-0.39, 0.29) is 24.8 Å². The van der Waals surface area contributed by atoms with Gasteiger partial charge >= 0.3 is 7.12 Å². The molecule has 2 N–H and O–H groups in total. The first-order chi connectivity index (χ1) is 10.4. The summed E-state index contributed by atoms with van der Waals surface area (Å²) in [6.07, 6.45) is 3.42. The first kappa shape index (κ1) is 14.7. The summed E-state index contributed by atoms with van der Waals surface area (Å²) in [6.45, 7) is 7.01. The monoisotopic (exact) mass is 299 g/mol. The Bertz CT molecular complexity index is 563. The highest BCUT2D eigenvalue weighted by atomic mass is 16.7. The Morgan fingerprint density at radius 3 is 2.64 bits per heavy atom. The van der Waals surface area contributed by atoms with Gasteiger partial charge in [0.25, 0.3) is 0 Å². The lowest BCUT2D eigenvalue weighted by Crippen LogP contribution is -2.65. The Kier molecular flexibility index (Phi) is 3.23. The summed E-state index contributed by atoms with van der Waals surface area (Å²) < 4.78 is 12.7. The van der Waals surface area contributed by atoms with Crippen molar-refractivity contribution in [2.45, 2.75) is 57.7 Å². The van der Waals surface area contributed by atoms with Gasteiger partial charge in [-0.05, 0) is 49.0 Å². The minimum atomic E-state index is -0.273. The summed E-state index contributed by atoms with van der Waals surface area (Å²) in [5.41, 5.74) is 7.87. The van der Waals surface area contributed by atoms with E-state index in [2.05, 4.69) is 45.0 Å². The largest absolute Gasteiger partial charge is 0.475 e. The molecule has 4 fully saturated rings. The van der Waals surface area contributed by atoms with Gasteiger partial charge in [0, 0.05) is 5.94 Å². The number of benzene rings is 1. The molecule has 5 rings (SSSR count). The van der Waals surface area contributed by atoms with E-state index in [0.717, 1.165) is 18.8 Å². The fourth-order valence-electron chi connectivity index (χ4n) is 5.06. The van der Waals surface area contributed by atoms with Crippen LogP contribution in [0.3, 0.4) is 0 Å². The molecule has 5 atom stereocenters. The van der Waals surface area contributed by atoms with E-state index in [1.54, 1.807) is 0 Å². The van der Waals surface area contributed by atoms with Crippen molar-refractivity contribution >= 4 is 7.12 Å². The Morgan fingerprint density at radius 2 is 1.95 bits per heavy atom. The van der Waals surface area contributed by atoms with Crippen LogP contribution < -0.4 is 5.73 Å². The molecule has 118 valence electrons. The van der Waals surface area contributed by atoms with Gasteiger partial charge in [0.1, 0.15) is 0 Å². The van der Waals surface area contributed by atoms with Crippen molar-refractivity contribution in [2.24, 2.45) is 23.0 Å². The molecule has 0 spiro atoms. The lowest BCUT2D eigenvalue weighted by atomic mass is 9.43. The van der Waals surface area contributed by atoms with Crippen LogP contribution in [0.1, 0.15) is 39.2 Å². The van der Waals surface area contributed by atoms with Crippen LogP contribution in [0.4, 0.5) is 0 Å². The minimum Gasteiger partial charge on any atom is -0.404 e. The summed E-state index contributed by atoms with van der Waals surface area (Å²) in [5.74, 6) is 1.27. The van der Waals surface area contributed by atoms with Gasteiger partial charge in [-0.1, -0.05) is 44.2 Å². The first-order valence-electron chi connectivity index (χ1n) is 8.54. The average molecular weight is 299 g/mol. The standard InChI is InChI=1S/C18H26BNO2/c1-17(2)13-10-14(17)18(3)15(11-13)21-19(22-18)16(20)9-12-7-5-4-6-8-12/h4-8,13-16H,9-11,20H2,1-3H3/t13-,14-,15+,16?,18-/m0/s1. The minimum absolute atomic E-state index is 0.106. The third kappa shape index (κ3) is 2.00. The SMILES string of the molecule is CC1(C)[C@@H]2C[C@H]3OB(C(N)Cc4ccccc4)O[C@@]3(C)[C@H]1C2. The third-order valence-corrected chi connectivity index (χ3v) is 6.63. The van der Waals surface area contributed by atoms with Gasteiger partial charge in [-0.2, -0.15) is 0 Å². The van der Waals surface area contributed by atoms with Crippen molar-refractivity contribution in [3.63, 3.8) is 0 Å². The zero-order valence-corrected chi connectivity index (χ0v) is 13.8. The maximum absolute atomic E-state index is 6.43.